The number of alkyl carbamates (subject to hydrolysis) is 1. The number of rotatable bonds is 15. The Morgan fingerprint density at radius 3 is 2.06 bits per heavy atom. The molecule has 13 nitrogen and oxygen atoms in total. The molecule has 13 heteroatoms. The van der Waals surface area contributed by atoms with Crippen LogP contribution in [0.4, 0.5) is 9.59 Å². The molecule has 0 saturated heterocycles. The lowest BCUT2D eigenvalue weighted by atomic mass is 10.2. The van der Waals surface area contributed by atoms with Gasteiger partial charge >= 0.3 is 12.2 Å². The standard InChI is InChI=1S/C21H32N4O9/c1-5-11-32-19(30)22-10-6-7-15(26)12-23-17(28)9-8-16(27)13-24-18(29)14-33-25-20(31)34-21(2,3)4/h1H,6-14H2,2-4H3,(H,22,30)(H,23,28)(H,24,29)(H,25,31). The molecular weight excluding hydrogens is 452 g/mol. The molecule has 34 heavy (non-hydrogen) atoms. The molecule has 0 aliphatic carbocycles. The summed E-state index contributed by atoms with van der Waals surface area (Å²) in [6.07, 6.45) is 3.60. The van der Waals surface area contributed by atoms with Crippen LogP contribution in [0.3, 0.4) is 0 Å². The van der Waals surface area contributed by atoms with Crippen molar-refractivity contribution < 1.29 is 43.1 Å². The van der Waals surface area contributed by atoms with Crippen LogP contribution < -0.4 is 21.4 Å². The van der Waals surface area contributed by atoms with Gasteiger partial charge in [-0.1, -0.05) is 5.92 Å². The SMILES string of the molecule is C#CCOC(=O)NCCCC(=O)CNC(=O)CCC(=O)CNC(=O)CONC(=O)OC(C)(C)C. The normalized spacial score (nSPS) is 10.3. The Bertz CT molecular complexity index is 769. The summed E-state index contributed by atoms with van der Waals surface area (Å²) in [5, 5.41) is 7.11. The number of hydrogen-bond donors (Lipinski definition) is 4. The van der Waals surface area contributed by atoms with Gasteiger partial charge in [-0.15, -0.1) is 6.42 Å². The summed E-state index contributed by atoms with van der Waals surface area (Å²) < 4.78 is 9.50. The van der Waals surface area contributed by atoms with Crippen LogP contribution in [0.5, 0.6) is 0 Å². The lowest BCUT2D eigenvalue weighted by Gasteiger charge is -2.19. The van der Waals surface area contributed by atoms with Gasteiger partial charge in [0.1, 0.15) is 5.60 Å². The van der Waals surface area contributed by atoms with Crippen molar-refractivity contribution in [1.29, 1.82) is 0 Å². The van der Waals surface area contributed by atoms with Gasteiger partial charge in [0, 0.05) is 25.8 Å². The third kappa shape index (κ3) is 19.1. The Labute approximate surface area is 198 Å². The Hall–Kier alpha value is -3.66. The first-order chi connectivity index (χ1) is 15.9. The van der Waals surface area contributed by atoms with Crippen molar-refractivity contribution in [3.05, 3.63) is 0 Å². The van der Waals surface area contributed by atoms with E-state index in [0.29, 0.717) is 6.42 Å². The fraction of sp³-hybridized carbons (Fsp3) is 0.619. The average molecular weight is 485 g/mol. The molecule has 0 aromatic carbocycles. The van der Waals surface area contributed by atoms with Crippen LogP contribution in [0, 0.1) is 12.3 Å². The van der Waals surface area contributed by atoms with E-state index in [1.54, 1.807) is 20.8 Å². The summed E-state index contributed by atoms with van der Waals surface area (Å²) in [5.74, 6) is 0.346. The molecule has 0 spiro atoms. The van der Waals surface area contributed by atoms with E-state index < -0.39 is 42.0 Å². The Kier molecular flexibility index (Phi) is 15.1. The van der Waals surface area contributed by atoms with E-state index in [1.165, 1.54) is 0 Å². The maximum atomic E-state index is 11.8. The zero-order valence-electron chi connectivity index (χ0n) is 19.6. The molecule has 0 unspecified atom stereocenters. The zero-order valence-corrected chi connectivity index (χ0v) is 19.6. The molecule has 0 atom stereocenters. The van der Waals surface area contributed by atoms with E-state index in [-0.39, 0.29) is 51.3 Å². The maximum absolute atomic E-state index is 11.8. The smallest absolute Gasteiger partial charge is 0.431 e. The highest BCUT2D eigenvalue weighted by Crippen LogP contribution is 2.06. The minimum absolute atomic E-state index is 0.130. The van der Waals surface area contributed by atoms with Crippen molar-refractivity contribution in [2.75, 3.05) is 32.8 Å². The Morgan fingerprint density at radius 2 is 1.44 bits per heavy atom. The van der Waals surface area contributed by atoms with Gasteiger partial charge in [0.2, 0.25) is 11.8 Å². The number of terminal acetylenes is 1. The summed E-state index contributed by atoms with van der Waals surface area (Å²) in [6, 6.07) is 0. The van der Waals surface area contributed by atoms with Gasteiger partial charge in [-0.3, -0.25) is 24.0 Å². The molecule has 0 radical (unpaired) electrons. The van der Waals surface area contributed by atoms with Crippen molar-refractivity contribution >= 4 is 35.6 Å². The quantitative estimate of drug-likeness (QED) is 0.138. The van der Waals surface area contributed by atoms with Crippen LogP contribution >= 0.6 is 0 Å². The first kappa shape index (κ1) is 30.3. The highest BCUT2D eigenvalue weighted by atomic mass is 16.7. The highest BCUT2D eigenvalue weighted by Gasteiger charge is 2.16. The van der Waals surface area contributed by atoms with E-state index in [9.17, 15) is 28.8 Å². The second-order valence-corrected chi connectivity index (χ2v) is 7.83. The van der Waals surface area contributed by atoms with Gasteiger partial charge < -0.3 is 25.4 Å². The first-order valence-electron chi connectivity index (χ1n) is 10.4. The van der Waals surface area contributed by atoms with Gasteiger partial charge in [-0.2, -0.15) is 5.48 Å². The Morgan fingerprint density at radius 1 is 0.824 bits per heavy atom. The van der Waals surface area contributed by atoms with Gasteiger partial charge in [-0.05, 0) is 27.2 Å². The summed E-state index contributed by atoms with van der Waals surface area (Å²) in [7, 11) is 0. The minimum atomic E-state index is -0.863. The molecule has 0 rings (SSSR count). The number of ketones is 2. The molecule has 4 N–H and O–H groups in total. The molecule has 0 aliphatic heterocycles. The van der Waals surface area contributed by atoms with E-state index >= 15 is 0 Å². The highest BCUT2D eigenvalue weighted by molar-refractivity contribution is 5.90. The van der Waals surface area contributed by atoms with Crippen molar-refractivity contribution in [3.63, 3.8) is 0 Å². The van der Waals surface area contributed by atoms with E-state index in [0.717, 1.165) is 0 Å². The van der Waals surface area contributed by atoms with Crippen LogP contribution in [0.15, 0.2) is 0 Å². The monoisotopic (exact) mass is 484 g/mol. The molecule has 0 aliphatic rings. The lowest BCUT2D eigenvalue weighted by Crippen LogP contribution is -2.37. The molecule has 0 aromatic rings. The van der Waals surface area contributed by atoms with Crippen LogP contribution in [0.25, 0.3) is 0 Å². The van der Waals surface area contributed by atoms with Crippen LogP contribution in [-0.2, 0) is 33.5 Å². The third-order valence-corrected chi connectivity index (χ3v) is 3.54. The summed E-state index contributed by atoms with van der Waals surface area (Å²) in [6.45, 7) is 4.00. The molecule has 190 valence electrons. The largest absolute Gasteiger partial charge is 0.442 e. The van der Waals surface area contributed by atoms with Crippen molar-refractivity contribution in [2.24, 2.45) is 0 Å². The number of carbonyl (C=O) groups excluding carboxylic acids is 6. The molecule has 0 saturated carbocycles. The van der Waals surface area contributed by atoms with Crippen LogP contribution in [0.2, 0.25) is 0 Å². The summed E-state index contributed by atoms with van der Waals surface area (Å²) in [5.41, 5.74) is 1.21. The predicted molar refractivity (Wildman–Crippen MR) is 118 cm³/mol. The second kappa shape index (κ2) is 16.9. The van der Waals surface area contributed by atoms with Gasteiger partial charge in [0.05, 0.1) is 13.1 Å². The fourth-order valence-electron chi connectivity index (χ4n) is 2.06. The zero-order chi connectivity index (χ0) is 26.0. The molecule has 0 heterocycles. The lowest BCUT2D eigenvalue weighted by molar-refractivity contribution is -0.130. The maximum Gasteiger partial charge on any atom is 0.431 e. The number of carbonyl (C=O) groups is 6. The average Bonchev–Trinajstić information content (AvgIpc) is 2.75. The summed E-state index contributed by atoms with van der Waals surface area (Å²) in [4.78, 5) is 74.0. The fourth-order valence-corrected chi connectivity index (χ4v) is 2.06. The van der Waals surface area contributed by atoms with Crippen molar-refractivity contribution in [1.82, 2.24) is 21.4 Å². The molecular formula is C21H32N4O9. The molecule has 0 bridgehead atoms. The third-order valence-electron chi connectivity index (χ3n) is 3.54. The number of amides is 4. The van der Waals surface area contributed by atoms with Crippen molar-refractivity contribution in [2.45, 2.75) is 52.1 Å². The first-order valence-corrected chi connectivity index (χ1v) is 10.4. The van der Waals surface area contributed by atoms with Crippen LogP contribution in [-0.4, -0.2) is 74.0 Å². The van der Waals surface area contributed by atoms with Gasteiger partial charge in [-0.25, -0.2) is 9.59 Å². The molecule has 0 aromatic heterocycles. The number of hydrogen-bond acceptors (Lipinski definition) is 9. The second-order valence-electron chi connectivity index (χ2n) is 7.83. The Balaban J connectivity index is 3.83. The number of nitrogens with one attached hydrogen (secondary N) is 4. The number of hydroxylamine groups is 1. The minimum Gasteiger partial charge on any atom is -0.442 e. The topological polar surface area (TPSA) is 178 Å². The van der Waals surface area contributed by atoms with Crippen LogP contribution in [0.1, 0.15) is 46.5 Å². The van der Waals surface area contributed by atoms with E-state index in [4.69, 9.17) is 11.2 Å². The number of ether oxygens (including phenoxy) is 2. The van der Waals surface area contributed by atoms with Crippen molar-refractivity contribution in [3.8, 4) is 12.3 Å². The van der Waals surface area contributed by atoms with Gasteiger partial charge in [0.15, 0.2) is 24.8 Å². The summed E-state index contributed by atoms with van der Waals surface area (Å²) >= 11 is 0. The molecule has 0 fully saturated rings. The number of Topliss-reactive ketones (excluding diaryl/α,β-unsaturated/α-hetero) is 2. The van der Waals surface area contributed by atoms with E-state index in [2.05, 4.69) is 31.4 Å². The van der Waals surface area contributed by atoms with Gasteiger partial charge in [0.25, 0.3) is 0 Å². The molecule has 4 amide bonds. The predicted octanol–water partition coefficient (Wildman–Crippen LogP) is -0.267. The van der Waals surface area contributed by atoms with E-state index in [1.807, 2.05) is 5.48 Å².